The highest BCUT2D eigenvalue weighted by Crippen LogP contribution is 2.30. The number of Topliss-reactive ketones (excluding diaryl/α,β-unsaturated/α-hetero) is 1. The summed E-state index contributed by atoms with van der Waals surface area (Å²) in [6.45, 7) is 1.45. The molecule has 0 radical (unpaired) electrons. The van der Waals surface area contributed by atoms with Crippen molar-refractivity contribution in [1.82, 2.24) is 4.90 Å². The van der Waals surface area contributed by atoms with Gasteiger partial charge in [0.1, 0.15) is 17.7 Å². The fraction of sp³-hybridized carbons (Fsp3) is 0.333. The van der Waals surface area contributed by atoms with Gasteiger partial charge in [0.25, 0.3) is 5.91 Å². The van der Waals surface area contributed by atoms with Gasteiger partial charge in [-0.3, -0.25) is 9.59 Å². The number of alkyl halides is 3. The number of rotatable bonds is 12. The third-order valence-corrected chi connectivity index (χ3v) is 6.56. The van der Waals surface area contributed by atoms with Crippen LogP contribution in [0.4, 0.5) is 22.0 Å². The first-order chi connectivity index (χ1) is 19.3. The van der Waals surface area contributed by atoms with Gasteiger partial charge in [-0.05, 0) is 53.8 Å². The highest BCUT2D eigenvalue weighted by molar-refractivity contribution is 5.99. The minimum atomic E-state index is -4.68. The fourth-order valence-electron chi connectivity index (χ4n) is 4.36. The van der Waals surface area contributed by atoms with Crippen molar-refractivity contribution >= 4 is 11.7 Å². The van der Waals surface area contributed by atoms with Crippen LogP contribution in [0.3, 0.4) is 0 Å². The van der Waals surface area contributed by atoms with Crippen LogP contribution in [-0.4, -0.2) is 51.6 Å². The van der Waals surface area contributed by atoms with E-state index in [0.717, 1.165) is 40.8 Å². The van der Waals surface area contributed by atoms with E-state index in [0.29, 0.717) is 24.1 Å². The second kappa shape index (κ2) is 13.8. The summed E-state index contributed by atoms with van der Waals surface area (Å²) in [5.74, 6) is -3.46. The maximum Gasteiger partial charge on any atom is 0.416 e. The summed E-state index contributed by atoms with van der Waals surface area (Å²) in [6.07, 6.45) is -8.22. The summed E-state index contributed by atoms with van der Waals surface area (Å²) < 4.78 is 66.4. The van der Waals surface area contributed by atoms with Gasteiger partial charge < -0.3 is 20.8 Å². The first-order valence-corrected chi connectivity index (χ1v) is 12.9. The van der Waals surface area contributed by atoms with Gasteiger partial charge in [-0.2, -0.15) is 13.2 Å². The molecule has 11 heteroatoms. The predicted octanol–water partition coefficient (Wildman–Crippen LogP) is 4.44. The van der Waals surface area contributed by atoms with Gasteiger partial charge >= 0.3 is 6.18 Å². The van der Waals surface area contributed by atoms with Crippen molar-refractivity contribution in [3.8, 4) is 0 Å². The highest BCUT2D eigenvalue weighted by atomic mass is 19.4. The minimum absolute atomic E-state index is 0.0835. The van der Waals surface area contributed by atoms with Gasteiger partial charge in [-0.1, -0.05) is 43.3 Å². The fourth-order valence-corrected chi connectivity index (χ4v) is 4.36. The van der Waals surface area contributed by atoms with Crippen LogP contribution in [0.25, 0.3) is 0 Å². The van der Waals surface area contributed by atoms with E-state index in [1.54, 1.807) is 12.1 Å². The molecule has 0 saturated carbocycles. The molecule has 3 atom stereocenters. The first-order valence-electron chi connectivity index (χ1n) is 12.9. The number of hydrogen-bond acceptors (Lipinski definition) is 5. The number of amides is 1. The van der Waals surface area contributed by atoms with Gasteiger partial charge in [0.15, 0.2) is 5.78 Å². The van der Waals surface area contributed by atoms with E-state index in [-0.39, 0.29) is 24.1 Å². The summed E-state index contributed by atoms with van der Waals surface area (Å²) in [6, 6.07) is 12.6. The molecule has 0 aromatic heterocycles. The molecule has 0 aliphatic carbocycles. The molecule has 1 unspecified atom stereocenters. The number of ketones is 1. The van der Waals surface area contributed by atoms with Crippen LogP contribution in [0.1, 0.15) is 46.0 Å². The van der Waals surface area contributed by atoms with Crippen LogP contribution < -0.4 is 5.73 Å². The number of halogens is 5. The molecule has 4 N–H and O–H groups in total. The van der Waals surface area contributed by atoms with Gasteiger partial charge in [-0.15, -0.1) is 0 Å². The molecule has 1 amide bonds. The number of aliphatic hydroxyl groups excluding tert-OH is 2. The van der Waals surface area contributed by atoms with E-state index in [9.17, 15) is 41.8 Å². The second-order valence-electron chi connectivity index (χ2n) is 9.83. The number of benzene rings is 3. The third-order valence-electron chi connectivity index (χ3n) is 6.56. The lowest BCUT2D eigenvalue weighted by Gasteiger charge is -2.30. The average molecular weight is 579 g/mol. The topological polar surface area (TPSA) is 104 Å². The van der Waals surface area contributed by atoms with Crippen molar-refractivity contribution in [1.29, 1.82) is 0 Å². The Balaban J connectivity index is 1.78. The molecule has 3 aromatic rings. The zero-order valence-electron chi connectivity index (χ0n) is 22.2. The molecule has 0 saturated heterocycles. The third kappa shape index (κ3) is 9.17. The minimum Gasteiger partial charge on any atom is -0.390 e. The molecular weight excluding hydrogens is 547 g/mol. The number of hydrogen-bond donors (Lipinski definition) is 3. The van der Waals surface area contributed by atoms with Crippen LogP contribution >= 0.6 is 0 Å². The predicted molar refractivity (Wildman–Crippen MR) is 142 cm³/mol. The molecule has 0 aliphatic rings. The summed E-state index contributed by atoms with van der Waals surface area (Å²) in [5, 5.41) is 21.4. The summed E-state index contributed by atoms with van der Waals surface area (Å²) in [7, 11) is 0. The molecule has 6 nitrogen and oxygen atoms in total. The zero-order valence-corrected chi connectivity index (χ0v) is 22.2. The zero-order chi connectivity index (χ0) is 30.3. The molecule has 0 fully saturated rings. The van der Waals surface area contributed by atoms with E-state index in [2.05, 4.69) is 0 Å². The monoisotopic (exact) mass is 578 g/mol. The van der Waals surface area contributed by atoms with E-state index >= 15 is 0 Å². The molecule has 0 bridgehead atoms. The van der Waals surface area contributed by atoms with Gasteiger partial charge in [0.2, 0.25) is 0 Å². The molecule has 0 spiro atoms. The average Bonchev–Trinajstić information content (AvgIpc) is 2.91. The van der Waals surface area contributed by atoms with Gasteiger partial charge in [-0.25, -0.2) is 8.78 Å². The Bertz CT molecular complexity index is 1340. The number of aryl methyl sites for hydroxylation is 1. The Morgan fingerprint density at radius 1 is 0.902 bits per heavy atom. The SMILES string of the molecule is CCc1cccc(CN(C[C@@H](O)[C@@H](N)Cc2cc(F)cc(F)c2)C(=O)C(O)CC(=O)c2cccc(C(F)(F)F)c2)c1. The second-order valence-corrected chi connectivity index (χ2v) is 9.83. The number of nitrogens with two attached hydrogens (primary N) is 1. The lowest BCUT2D eigenvalue weighted by atomic mass is 10.00. The lowest BCUT2D eigenvalue weighted by molar-refractivity contribution is -0.142. The molecule has 0 heterocycles. The largest absolute Gasteiger partial charge is 0.416 e. The van der Waals surface area contributed by atoms with Crippen LogP contribution in [0.15, 0.2) is 66.7 Å². The van der Waals surface area contributed by atoms with Crippen LogP contribution in [-0.2, 0) is 30.4 Å². The van der Waals surface area contributed by atoms with Crippen LogP contribution in [0.5, 0.6) is 0 Å². The molecule has 0 aliphatic heterocycles. The summed E-state index contributed by atoms with van der Waals surface area (Å²) in [5.41, 5.74) is 6.51. The molecule has 220 valence electrons. The summed E-state index contributed by atoms with van der Waals surface area (Å²) >= 11 is 0. The summed E-state index contributed by atoms with van der Waals surface area (Å²) in [4.78, 5) is 27.0. The van der Waals surface area contributed by atoms with Crippen LogP contribution in [0, 0.1) is 11.6 Å². The van der Waals surface area contributed by atoms with Crippen molar-refractivity contribution < 1.29 is 41.8 Å². The van der Waals surface area contributed by atoms with E-state index in [1.807, 2.05) is 19.1 Å². The van der Waals surface area contributed by atoms with Crippen molar-refractivity contribution in [3.63, 3.8) is 0 Å². The van der Waals surface area contributed by atoms with E-state index in [1.165, 1.54) is 0 Å². The van der Waals surface area contributed by atoms with Crippen molar-refractivity contribution in [3.05, 3.63) is 106 Å². The Labute approximate surface area is 234 Å². The Kier molecular flexibility index (Phi) is 10.7. The van der Waals surface area contributed by atoms with Crippen molar-refractivity contribution in [2.24, 2.45) is 5.73 Å². The number of aliphatic hydroxyl groups is 2. The first kappa shape index (κ1) is 31.9. The maximum absolute atomic E-state index is 13.6. The van der Waals surface area contributed by atoms with Crippen molar-refractivity contribution in [2.45, 2.75) is 57.2 Å². The number of carbonyl (C=O) groups excluding carboxylic acids is 2. The smallest absolute Gasteiger partial charge is 0.390 e. The maximum atomic E-state index is 13.6. The number of carbonyl (C=O) groups is 2. The van der Waals surface area contributed by atoms with Crippen LogP contribution in [0.2, 0.25) is 0 Å². The standard InChI is InChI=1S/C30H31F5N2O4/c1-2-18-5-3-6-19(9-18)16-37(17-28(40)25(36)12-20-10-23(31)14-24(32)11-20)29(41)27(39)15-26(38)21-7-4-8-22(13-21)30(33,34)35/h3-11,13-14,25,27-28,39-40H,2,12,15-17,36H2,1H3/t25-,27?,28+/m0/s1. The van der Waals surface area contributed by atoms with E-state index in [4.69, 9.17) is 5.73 Å². The number of nitrogens with zero attached hydrogens (tertiary/aromatic N) is 1. The van der Waals surface area contributed by atoms with Gasteiger partial charge in [0.05, 0.1) is 11.7 Å². The highest BCUT2D eigenvalue weighted by Gasteiger charge is 2.32. The molecule has 3 aromatic carbocycles. The Hall–Kier alpha value is -3.67. The van der Waals surface area contributed by atoms with Gasteiger partial charge in [0, 0.05) is 37.2 Å². The Morgan fingerprint density at radius 2 is 1.54 bits per heavy atom. The molecular formula is C30H31F5N2O4. The normalized spacial score (nSPS) is 13.9. The molecule has 3 rings (SSSR count). The lowest BCUT2D eigenvalue weighted by Crippen LogP contribution is -2.49. The Morgan fingerprint density at radius 3 is 2.17 bits per heavy atom. The van der Waals surface area contributed by atoms with E-state index < -0.39 is 66.3 Å². The van der Waals surface area contributed by atoms with Crippen molar-refractivity contribution in [2.75, 3.05) is 6.54 Å². The molecule has 41 heavy (non-hydrogen) atoms. The quantitative estimate of drug-likeness (QED) is 0.218.